The van der Waals surface area contributed by atoms with Crippen LogP contribution in [0.5, 0.6) is 0 Å². The normalized spacial score (nSPS) is 14.8. The minimum absolute atomic E-state index is 0. The Morgan fingerprint density at radius 2 is 1.97 bits per heavy atom. The first-order valence-electron chi connectivity index (χ1n) is 11.0. The van der Waals surface area contributed by atoms with Crippen molar-refractivity contribution in [2.45, 2.75) is 45.7 Å². The van der Waals surface area contributed by atoms with Crippen molar-refractivity contribution in [3.8, 4) is 0 Å². The molecular weight excluding hydrogens is 503 g/mol. The van der Waals surface area contributed by atoms with Gasteiger partial charge in [0.05, 0.1) is 0 Å². The molecule has 1 aromatic heterocycles. The number of hydrogen-bond acceptors (Lipinski definition) is 3. The molecule has 1 aliphatic heterocycles. The highest BCUT2D eigenvalue weighted by molar-refractivity contribution is 14.0. The van der Waals surface area contributed by atoms with Crippen molar-refractivity contribution in [2.24, 2.45) is 10.9 Å². The first kappa shape index (κ1) is 25.2. The second kappa shape index (κ2) is 13.3. The Bertz CT molecular complexity index is 814. The lowest BCUT2D eigenvalue weighted by Gasteiger charge is -2.34. The predicted octanol–water partition coefficient (Wildman–Crippen LogP) is 3.06. The first-order valence-corrected chi connectivity index (χ1v) is 11.0. The third-order valence-corrected chi connectivity index (χ3v) is 5.66. The van der Waals surface area contributed by atoms with Crippen molar-refractivity contribution in [1.82, 2.24) is 25.1 Å². The van der Waals surface area contributed by atoms with Crippen LogP contribution in [0.4, 0.5) is 0 Å². The van der Waals surface area contributed by atoms with E-state index in [-0.39, 0.29) is 29.9 Å². The zero-order valence-electron chi connectivity index (χ0n) is 18.6. The van der Waals surface area contributed by atoms with Gasteiger partial charge in [0.1, 0.15) is 12.4 Å². The van der Waals surface area contributed by atoms with Crippen LogP contribution in [0.25, 0.3) is 0 Å². The van der Waals surface area contributed by atoms with E-state index in [1.807, 2.05) is 18.5 Å². The summed E-state index contributed by atoms with van der Waals surface area (Å²) in [4.78, 5) is 23.3. The molecule has 1 aliphatic rings. The molecule has 0 bridgehead atoms. The summed E-state index contributed by atoms with van der Waals surface area (Å²) in [6.07, 6.45) is 7.52. The maximum atomic E-state index is 11.6. The van der Waals surface area contributed by atoms with Crippen molar-refractivity contribution in [3.05, 3.63) is 54.1 Å². The predicted molar refractivity (Wildman–Crippen MR) is 136 cm³/mol. The summed E-state index contributed by atoms with van der Waals surface area (Å²) in [5, 5.41) is 6.15. The molecule has 2 N–H and O–H groups in total. The Kier molecular flexibility index (Phi) is 10.8. The van der Waals surface area contributed by atoms with Gasteiger partial charge >= 0.3 is 0 Å². The van der Waals surface area contributed by atoms with E-state index in [9.17, 15) is 4.79 Å². The molecule has 0 atom stereocenters. The summed E-state index contributed by atoms with van der Waals surface area (Å²) >= 11 is 0. The highest BCUT2D eigenvalue weighted by Crippen LogP contribution is 2.20. The van der Waals surface area contributed by atoms with Crippen molar-refractivity contribution >= 4 is 35.8 Å². The van der Waals surface area contributed by atoms with Crippen molar-refractivity contribution in [3.63, 3.8) is 0 Å². The molecular formula is C23H35IN6O. The third-order valence-electron chi connectivity index (χ3n) is 5.66. The first-order chi connectivity index (χ1) is 14.7. The lowest BCUT2D eigenvalue weighted by Crippen LogP contribution is -2.46. The molecule has 1 amide bonds. The van der Waals surface area contributed by atoms with E-state index in [4.69, 9.17) is 4.99 Å². The van der Waals surface area contributed by atoms with Crippen LogP contribution in [-0.4, -0.2) is 53.0 Å². The maximum Gasteiger partial charge on any atom is 0.220 e. The summed E-state index contributed by atoms with van der Waals surface area (Å²) in [6, 6.07) is 10.5. The van der Waals surface area contributed by atoms with E-state index in [1.54, 1.807) is 7.05 Å². The van der Waals surface area contributed by atoms with E-state index in [2.05, 4.69) is 56.3 Å². The summed E-state index contributed by atoms with van der Waals surface area (Å²) in [5.74, 6) is 2.52. The number of rotatable bonds is 8. The largest absolute Gasteiger partial charge is 0.359 e. The van der Waals surface area contributed by atoms with Crippen LogP contribution in [-0.2, 0) is 24.3 Å². The van der Waals surface area contributed by atoms with E-state index >= 15 is 0 Å². The van der Waals surface area contributed by atoms with Gasteiger partial charge in [-0.25, -0.2) is 9.98 Å². The molecule has 0 radical (unpaired) electrons. The molecule has 3 rings (SSSR count). The number of piperidine rings is 1. The Balaban J connectivity index is 0.00000341. The minimum Gasteiger partial charge on any atom is -0.359 e. The number of likely N-dealkylation sites (tertiary alicyclic amines) is 1. The van der Waals surface area contributed by atoms with Gasteiger partial charge in [-0.05, 0) is 37.7 Å². The van der Waals surface area contributed by atoms with Crippen LogP contribution >= 0.6 is 24.0 Å². The number of aromatic nitrogens is 2. The Hall–Kier alpha value is -2.10. The van der Waals surface area contributed by atoms with Gasteiger partial charge in [0.25, 0.3) is 0 Å². The lowest BCUT2D eigenvalue weighted by molar-refractivity contribution is -0.121. The number of hydrogen-bond donors (Lipinski definition) is 2. The van der Waals surface area contributed by atoms with Crippen LogP contribution in [0.15, 0.2) is 47.7 Å². The van der Waals surface area contributed by atoms with Gasteiger partial charge < -0.3 is 20.1 Å². The number of aliphatic imine (C=N–C) groups is 1. The Labute approximate surface area is 202 Å². The lowest BCUT2D eigenvalue weighted by atomic mass is 9.93. The fourth-order valence-corrected chi connectivity index (χ4v) is 3.87. The van der Waals surface area contributed by atoms with Crippen molar-refractivity contribution in [1.29, 1.82) is 0 Å². The number of benzene rings is 1. The van der Waals surface area contributed by atoms with Gasteiger partial charge in [0.15, 0.2) is 5.96 Å². The number of halogens is 1. The summed E-state index contributed by atoms with van der Waals surface area (Å²) in [5.41, 5.74) is 1.33. The molecule has 0 aliphatic carbocycles. The number of imidazole rings is 1. The Morgan fingerprint density at radius 3 is 2.65 bits per heavy atom. The van der Waals surface area contributed by atoms with Crippen molar-refractivity contribution < 1.29 is 4.79 Å². The number of aryl methyl sites for hydroxylation is 2. The number of nitrogens with one attached hydrogen (secondary N) is 2. The standard InChI is InChI=1S/C23H34N6O.HI/c1-3-25-23(29-14-10-20(11-15-29)17-22(30)24-2)27-18-21-26-12-16-28(21)13-9-19-7-5-4-6-8-19;/h4-8,12,16,20H,3,9-11,13-15,17-18H2,1-2H3,(H,24,30)(H,25,27);1H. The molecule has 2 aromatic rings. The van der Waals surface area contributed by atoms with Gasteiger partial charge in [-0.1, -0.05) is 30.3 Å². The zero-order valence-corrected chi connectivity index (χ0v) is 20.9. The molecule has 0 spiro atoms. The van der Waals surface area contributed by atoms with Crippen molar-refractivity contribution in [2.75, 3.05) is 26.7 Å². The smallest absolute Gasteiger partial charge is 0.220 e. The fraction of sp³-hybridized carbons (Fsp3) is 0.522. The SMILES string of the molecule is CCNC(=NCc1nccn1CCc1ccccc1)N1CCC(CC(=O)NC)CC1.I. The molecule has 7 nitrogen and oxygen atoms in total. The van der Waals surface area contributed by atoms with E-state index in [0.29, 0.717) is 18.9 Å². The number of carbonyl (C=O) groups excluding carboxylic acids is 1. The number of carbonyl (C=O) groups is 1. The van der Waals surface area contributed by atoms with E-state index in [1.165, 1.54) is 5.56 Å². The molecule has 1 aromatic carbocycles. The highest BCUT2D eigenvalue weighted by atomic mass is 127. The second-order valence-corrected chi connectivity index (χ2v) is 7.75. The molecule has 8 heteroatoms. The van der Waals surface area contributed by atoms with E-state index < -0.39 is 0 Å². The monoisotopic (exact) mass is 538 g/mol. The summed E-state index contributed by atoms with van der Waals surface area (Å²) in [6.45, 7) is 6.23. The molecule has 170 valence electrons. The minimum atomic E-state index is 0. The molecule has 2 heterocycles. The van der Waals surface area contributed by atoms with Gasteiger partial charge in [0.2, 0.25) is 5.91 Å². The quantitative estimate of drug-likeness (QED) is 0.308. The Morgan fingerprint density at radius 1 is 1.23 bits per heavy atom. The topological polar surface area (TPSA) is 74.5 Å². The summed E-state index contributed by atoms with van der Waals surface area (Å²) < 4.78 is 2.19. The summed E-state index contributed by atoms with van der Waals surface area (Å²) in [7, 11) is 1.71. The highest BCUT2D eigenvalue weighted by Gasteiger charge is 2.23. The van der Waals surface area contributed by atoms with E-state index in [0.717, 1.165) is 57.2 Å². The number of nitrogens with zero attached hydrogens (tertiary/aromatic N) is 4. The molecule has 31 heavy (non-hydrogen) atoms. The van der Waals surface area contributed by atoms with Gasteiger partial charge in [0, 0.05) is 52.0 Å². The second-order valence-electron chi connectivity index (χ2n) is 7.75. The molecule has 0 saturated carbocycles. The van der Waals surface area contributed by atoms with Crippen LogP contribution < -0.4 is 10.6 Å². The maximum absolute atomic E-state index is 11.6. The average molecular weight is 538 g/mol. The number of amides is 1. The molecule has 1 saturated heterocycles. The zero-order chi connectivity index (χ0) is 21.2. The van der Waals surface area contributed by atoms with Crippen LogP contribution in [0.2, 0.25) is 0 Å². The molecule has 0 unspecified atom stereocenters. The average Bonchev–Trinajstić information content (AvgIpc) is 3.24. The van der Waals surface area contributed by atoms with Crippen LogP contribution in [0.3, 0.4) is 0 Å². The van der Waals surface area contributed by atoms with Crippen LogP contribution in [0, 0.1) is 5.92 Å². The van der Waals surface area contributed by atoms with Gasteiger partial charge in [-0.2, -0.15) is 0 Å². The number of guanidine groups is 1. The molecule has 1 fully saturated rings. The fourth-order valence-electron chi connectivity index (χ4n) is 3.87. The third kappa shape index (κ3) is 7.83. The van der Waals surface area contributed by atoms with Gasteiger partial charge in [-0.3, -0.25) is 4.79 Å². The van der Waals surface area contributed by atoms with Crippen LogP contribution in [0.1, 0.15) is 37.6 Å². The van der Waals surface area contributed by atoms with Gasteiger partial charge in [-0.15, -0.1) is 24.0 Å².